The zero-order valence-electron chi connectivity index (χ0n) is 7.95. The first kappa shape index (κ1) is 9.11. The van der Waals surface area contributed by atoms with E-state index >= 15 is 0 Å². The van der Waals surface area contributed by atoms with E-state index in [0.29, 0.717) is 0 Å². The van der Waals surface area contributed by atoms with Gasteiger partial charge in [-0.25, -0.2) is 0 Å². The summed E-state index contributed by atoms with van der Waals surface area (Å²) in [4.78, 5) is 22.5. The summed E-state index contributed by atoms with van der Waals surface area (Å²) in [5, 5.41) is 9.04. The Bertz CT molecular complexity index is 339. The molecule has 0 aromatic carbocycles. The summed E-state index contributed by atoms with van der Waals surface area (Å²) in [6.07, 6.45) is -0.940. The molecule has 0 radical (unpaired) electrons. The van der Waals surface area contributed by atoms with Crippen LogP contribution in [0.5, 0.6) is 0 Å². The Morgan fingerprint density at radius 2 is 1.60 bits per heavy atom. The van der Waals surface area contributed by atoms with Gasteiger partial charge in [0.15, 0.2) is 0 Å². The van der Waals surface area contributed by atoms with Crippen LogP contribution in [-0.4, -0.2) is 48.6 Å². The lowest BCUT2D eigenvalue weighted by molar-refractivity contribution is -0.157. The van der Waals surface area contributed by atoms with Crippen molar-refractivity contribution in [2.75, 3.05) is 7.11 Å². The molecule has 3 aliphatic rings. The topological polar surface area (TPSA) is 88.7 Å². The third kappa shape index (κ3) is 1.12. The number of carbonyl (C=O) groups excluding carboxylic acids is 1. The van der Waals surface area contributed by atoms with Crippen molar-refractivity contribution in [3.05, 3.63) is 0 Å². The highest BCUT2D eigenvalue weighted by atomic mass is 16.7. The van der Waals surface area contributed by atoms with Crippen molar-refractivity contribution in [2.45, 2.75) is 24.4 Å². The standard InChI is InChI=1S/C9H10O6/c1-13-9(12)3-2(8(10)11)4-6(14-4)7-5(3)15-7/h2-7H,1H3,(H,10,11). The van der Waals surface area contributed by atoms with Gasteiger partial charge in [-0.15, -0.1) is 0 Å². The van der Waals surface area contributed by atoms with Gasteiger partial charge in [0.1, 0.15) is 36.3 Å². The Kier molecular flexibility index (Phi) is 1.64. The van der Waals surface area contributed by atoms with E-state index in [0.717, 1.165) is 0 Å². The summed E-state index contributed by atoms with van der Waals surface area (Å²) in [7, 11) is 1.25. The Hall–Kier alpha value is -1.14. The lowest BCUT2D eigenvalue weighted by atomic mass is 9.79. The van der Waals surface area contributed by atoms with Crippen molar-refractivity contribution in [2.24, 2.45) is 11.8 Å². The fourth-order valence-electron chi connectivity index (χ4n) is 2.50. The van der Waals surface area contributed by atoms with Gasteiger partial charge in [0.25, 0.3) is 0 Å². The van der Waals surface area contributed by atoms with Crippen LogP contribution in [0, 0.1) is 11.8 Å². The van der Waals surface area contributed by atoms with Crippen molar-refractivity contribution in [1.29, 1.82) is 0 Å². The fourth-order valence-corrected chi connectivity index (χ4v) is 2.50. The van der Waals surface area contributed by atoms with Gasteiger partial charge in [-0.1, -0.05) is 0 Å². The largest absolute Gasteiger partial charge is 0.481 e. The summed E-state index contributed by atoms with van der Waals surface area (Å²) in [5.41, 5.74) is 0. The Balaban J connectivity index is 1.89. The van der Waals surface area contributed by atoms with Gasteiger partial charge in [-0.05, 0) is 0 Å². The number of rotatable bonds is 2. The van der Waals surface area contributed by atoms with Gasteiger partial charge in [0.05, 0.1) is 7.11 Å². The number of epoxide rings is 2. The SMILES string of the molecule is COC(=O)C1C2OC2C2OC2C1C(=O)O. The molecule has 0 aromatic heterocycles. The molecule has 1 saturated carbocycles. The van der Waals surface area contributed by atoms with Crippen molar-refractivity contribution in [3.63, 3.8) is 0 Å². The van der Waals surface area contributed by atoms with Crippen molar-refractivity contribution < 1.29 is 28.9 Å². The first-order chi connectivity index (χ1) is 7.15. The lowest BCUT2D eigenvalue weighted by Crippen LogP contribution is -2.42. The molecule has 6 atom stereocenters. The highest BCUT2D eigenvalue weighted by molar-refractivity contribution is 5.83. The molecule has 6 nitrogen and oxygen atoms in total. The van der Waals surface area contributed by atoms with Crippen LogP contribution >= 0.6 is 0 Å². The molecule has 0 spiro atoms. The van der Waals surface area contributed by atoms with Crippen LogP contribution in [0.4, 0.5) is 0 Å². The summed E-state index contributed by atoms with van der Waals surface area (Å²) in [6, 6.07) is 0. The predicted octanol–water partition coefficient (Wildman–Crippen LogP) is -0.975. The molecule has 1 aliphatic carbocycles. The van der Waals surface area contributed by atoms with E-state index in [1.807, 2.05) is 0 Å². The fraction of sp³-hybridized carbons (Fsp3) is 0.778. The molecule has 2 heterocycles. The highest BCUT2D eigenvalue weighted by Crippen LogP contribution is 2.54. The number of hydrogen-bond acceptors (Lipinski definition) is 5. The second kappa shape index (κ2) is 2.70. The van der Waals surface area contributed by atoms with E-state index in [2.05, 4.69) is 4.74 Å². The summed E-state index contributed by atoms with van der Waals surface area (Å²) >= 11 is 0. The van der Waals surface area contributed by atoms with E-state index in [9.17, 15) is 9.59 Å². The number of fused-ring (bicyclic) bond motifs is 3. The molecule has 0 amide bonds. The second-order valence-corrected chi connectivity index (χ2v) is 4.04. The van der Waals surface area contributed by atoms with Crippen LogP contribution in [0.1, 0.15) is 0 Å². The first-order valence-electron chi connectivity index (χ1n) is 4.76. The molecule has 3 rings (SSSR count). The van der Waals surface area contributed by atoms with Crippen LogP contribution in [0.2, 0.25) is 0 Å². The maximum absolute atomic E-state index is 11.5. The minimum Gasteiger partial charge on any atom is -0.481 e. The van der Waals surface area contributed by atoms with E-state index in [1.54, 1.807) is 0 Å². The Morgan fingerprint density at radius 3 is 2.07 bits per heavy atom. The summed E-state index contributed by atoms with van der Waals surface area (Å²) in [6.45, 7) is 0. The van der Waals surface area contributed by atoms with Gasteiger partial charge < -0.3 is 19.3 Å². The first-order valence-corrected chi connectivity index (χ1v) is 4.76. The molecule has 2 saturated heterocycles. The predicted molar refractivity (Wildman–Crippen MR) is 44.0 cm³/mol. The minimum absolute atomic E-state index is 0.102. The highest BCUT2D eigenvalue weighted by Gasteiger charge is 2.72. The molecule has 2 aliphatic heterocycles. The molecule has 6 heteroatoms. The van der Waals surface area contributed by atoms with Gasteiger partial charge in [-0.2, -0.15) is 0 Å². The third-order valence-corrected chi connectivity index (χ3v) is 3.30. The number of ether oxygens (including phenoxy) is 3. The molecule has 0 bridgehead atoms. The zero-order chi connectivity index (χ0) is 10.7. The number of methoxy groups -OCH3 is 1. The van der Waals surface area contributed by atoms with Crippen LogP contribution in [0.15, 0.2) is 0 Å². The van der Waals surface area contributed by atoms with E-state index in [4.69, 9.17) is 14.6 Å². The Labute approximate surface area is 85.1 Å². The average molecular weight is 214 g/mol. The summed E-state index contributed by atoms with van der Waals surface area (Å²) < 4.78 is 15.1. The van der Waals surface area contributed by atoms with Gasteiger partial charge in [-0.3, -0.25) is 9.59 Å². The van der Waals surface area contributed by atoms with Crippen molar-refractivity contribution >= 4 is 11.9 Å². The number of carboxylic acids is 1. The van der Waals surface area contributed by atoms with E-state index in [1.165, 1.54) is 7.11 Å². The zero-order valence-corrected chi connectivity index (χ0v) is 7.95. The van der Waals surface area contributed by atoms with Crippen LogP contribution in [0.25, 0.3) is 0 Å². The smallest absolute Gasteiger partial charge is 0.312 e. The lowest BCUT2D eigenvalue weighted by Gasteiger charge is -2.20. The molecule has 15 heavy (non-hydrogen) atoms. The molecular formula is C9H10O6. The number of carboxylic acid groups (broad SMARTS) is 1. The molecule has 6 unspecified atom stereocenters. The van der Waals surface area contributed by atoms with Crippen molar-refractivity contribution in [3.8, 4) is 0 Å². The van der Waals surface area contributed by atoms with Gasteiger partial charge in [0, 0.05) is 0 Å². The molecule has 82 valence electrons. The number of aliphatic carboxylic acids is 1. The van der Waals surface area contributed by atoms with E-state index in [-0.39, 0.29) is 24.4 Å². The maximum atomic E-state index is 11.5. The Morgan fingerprint density at radius 1 is 1.07 bits per heavy atom. The normalized spacial score (nSPS) is 49.9. The number of esters is 1. The molecule has 3 fully saturated rings. The number of carbonyl (C=O) groups is 2. The molecule has 0 aromatic rings. The van der Waals surface area contributed by atoms with Crippen LogP contribution in [-0.2, 0) is 23.8 Å². The monoisotopic (exact) mass is 214 g/mol. The average Bonchev–Trinajstić information content (AvgIpc) is 3.01. The maximum Gasteiger partial charge on any atom is 0.312 e. The minimum atomic E-state index is -1.02. The second-order valence-electron chi connectivity index (χ2n) is 4.04. The van der Waals surface area contributed by atoms with Crippen LogP contribution in [0.3, 0.4) is 0 Å². The molecular weight excluding hydrogens is 204 g/mol. The number of hydrogen-bond donors (Lipinski definition) is 1. The van der Waals surface area contributed by atoms with Gasteiger partial charge >= 0.3 is 11.9 Å². The van der Waals surface area contributed by atoms with E-state index < -0.39 is 23.8 Å². The van der Waals surface area contributed by atoms with Gasteiger partial charge in [0.2, 0.25) is 0 Å². The quantitative estimate of drug-likeness (QED) is 0.469. The third-order valence-electron chi connectivity index (χ3n) is 3.30. The molecule has 1 N–H and O–H groups in total. The van der Waals surface area contributed by atoms with Crippen molar-refractivity contribution in [1.82, 2.24) is 0 Å². The summed E-state index contributed by atoms with van der Waals surface area (Å²) in [5.74, 6) is -3.09. The van der Waals surface area contributed by atoms with Crippen LogP contribution < -0.4 is 0 Å².